The van der Waals surface area contributed by atoms with Gasteiger partial charge in [-0.1, -0.05) is 0 Å². The molecule has 0 atom stereocenters. The van der Waals surface area contributed by atoms with E-state index in [1.54, 1.807) is 0 Å². The second-order valence-electron chi connectivity index (χ2n) is 4.03. The topological polar surface area (TPSA) is 0 Å². The fourth-order valence-corrected chi connectivity index (χ4v) is 7.86. The van der Waals surface area contributed by atoms with E-state index in [0.29, 0.717) is 0 Å². The molecule has 0 aliphatic rings. The molecule has 0 unspecified atom stereocenters. The van der Waals surface area contributed by atoms with Crippen LogP contribution in [0.15, 0.2) is 12.7 Å². The van der Waals surface area contributed by atoms with Crippen molar-refractivity contribution in [3.05, 3.63) is 12.7 Å². The Morgan fingerprint density at radius 1 is 1.08 bits per heavy atom. The van der Waals surface area contributed by atoms with Gasteiger partial charge in [-0.05, 0) is 0 Å². The molecule has 0 nitrogen and oxygen atoms in total. The molecule has 0 saturated heterocycles. The van der Waals surface area contributed by atoms with E-state index in [4.69, 9.17) is 0 Å². The van der Waals surface area contributed by atoms with Crippen molar-refractivity contribution in [1.29, 1.82) is 0 Å². The maximum absolute atomic E-state index is 3.80. The van der Waals surface area contributed by atoms with E-state index >= 15 is 0 Å². The predicted octanol–water partition coefficient (Wildman–Crippen LogP) is 3.36. The van der Waals surface area contributed by atoms with Crippen molar-refractivity contribution in [1.82, 2.24) is 0 Å². The first-order chi connectivity index (χ1) is 5.56. The molecule has 0 bridgehead atoms. The van der Waals surface area contributed by atoms with Crippen LogP contribution in [0, 0.1) is 11.8 Å². The second kappa shape index (κ2) is 6.87. The average molecular weight is 282 g/mol. The van der Waals surface area contributed by atoms with E-state index in [9.17, 15) is 0 Å². The van der Waals surface area contributed by atoms with Crippen LogP contribution >= 0.6 is 0 Å². The van der Waals surface area contributed by atoms with Crippen molar-refractivity contribution < 1.29 is 0 Å². The molecule has 72 valence electrons. The van der Waals surface area contributed by atoms with Gasteiger partial charge in [0.2, 0.25) is 0 Å². The molecule has 0 aromatic carbocycles. The zero-order valence-corrected chi connectivity index (χ0v) is 11.2. The van der Waals surface area contributed by atoms with Crippen molar-refractivity contribution in [3.8, 4) is 0 Å². The molecule has 0 aliphatic heterocycles. The summed E-state index contributed by atoms with van der Waals surface area (Å²) in [5.41, 5.74) is 0. The van der Waals surface area contributed by atoms with E-state index in [0.717, 1.165) is 11.8 Å². The SMILES string of the molecule is C=CC=[Te](CC(C)C)CC(C)C. The van der Waals surface area contributed by atoms with E-state index in [-0.39, 0.29) is 0 Å². The first-order valence-corrected chi connectivity index (χ1v) is 9.32. The third kappa shape index (κ3) is 7.07. The summed E-state index contributed by atoms with van der Waals surface area (Å²) >= 11 is -0.891. The molecule has 0 aromatic heterocycles. The quantitative estimate of drug-likeness (QED) is 0.678. The fourth-order valence-electron chi connectivity index (χ4n) is 1.17. The van der Waals surface area contributed by atoms with Gasteiger partial charge < -0.3 is 0 Å². The zero-order chi connectivity index (χ0) is 9.56. The Bertz CT molecular complexity index is 142. The monoisotopic (exact) mass is 284 g/mol. The first-order valence-electron chi connectivity index (χ1n) is 4.68. The average Bonchev–Trinajstić information content (AvgIpc) is 1.84. The Hall–Kier alpha value is 0.400. The van der Waals surface area contributed by atoms with Gasteiger partial charge in [-0.25, -0.2) is 0 Å². The van der Waals surface area contributed by atoms with Crippen LogP contribution < -0.4 is 0 Å². The number of allylic oxidation sites excluding steroid dienone is 1. The number of hydrogen-bond acceptors (Lipinski definition) is 0. The minimum absolute atomic E-state index is 0.872. The van der Waals surface area contributed by atoms with Gasteiger partial charge in [0, 0.05) is 0 Å². The van der Waals surface area contributed by atoms with Crippen LogP contribution in [0.3, 0.4) is 0 Å². The number of rotatable bonds is 5. The molecular formula is C11H22Te. The summed E-state index contributed by atoms with van der Waals surface area (Å²) in [5.74, 6) is 1.74. The van der Waals surface area contributed by atoms with Crippen LogP contribution in [-0.4, -0.2) is 23.1 Å². The molecular weight excluding hydrogens is 260 g/mol. The molecule has 0 amide bonds. The van der Waals surface area contributed by atoms with Crippen LogP contribution in [0.4, 0.5) is 0 Å². The molecule has 0 saturated carbocycles. The summed E-state index contributed by atoms with van der Waals surface area (Å²) in [6.07, 6.45) is 2.02. The third-order valence-electron chi connectivity index (χ3n) is 1.38. The standard InChI is InChI=1S/C11H22Te/c1-6-7-12(8-10(2)3)9-11(4)5/h6-7,10-11H,1,8-9H2,2-5H3. The normalized spacial score (nSPS) is 11.2. The van der Waals surface area contributed by atoms with Gasteiger partial charge in [0.15, 0.2) is 0 Å². The summed E-state index contributed by atoms with van der Waals surface area (Å²) in [4.78, 5) is 0. The predicted molar refractivity (Wildman–Crippen MR) is 61.3 cm³/mol. The Balaban J connectivity index is 4.05. The van der Waals surface area contributed by atoms with E-state index in [2.05, 4.69) is 38.3 Å². The summed E-state index contributed by atoms with van der Waals surface area (Å²) < 4.78 is 5.35. The van der Waals surface area contributed by atoms with Crippen molar-refractivity contribution in [3.63, 3.8) is 0 Å². The molecule has 0 rings (SSSR count). The van der Waals surface area contributed by atoms with Gasteiger partial charge in [-0.3, -0.25) is 0 Å². The second-order valence-corrected chi connectivity index (χ2v) is 9.78. The molecule has 0 aliphatic carbocycles. The van der Waals surface area contributed by atoms with Crippen LogP contribution in [-0.2, 0) is 0 Å². The van der Waals surface area contributed by atoms with Gasteiger partial charge in [0.05, 0.1) is 0 Å². The van der Waals surface area contributed by atoms with Crippen LogP contribution in [0.2, 0.25) is 8.94 Å². The summed E-state index contributed by atoms with van der Waals surface area (Å²) in [6, 6.07) is 0. The minimum atomic E-state index is -0.891. The van der Waals surface area contributed by atoms with E-state index in [1.165, 1.54) is 8.94 Å². The summed E-state index contributed by atoms with van der Waals surface area (Å²) in [7, 11) is 0. The van der Waals surface area contributed by atoms with Crippen molar-refractivity contribution in [2.75, 3.05) is 0 Å². The van der Waals surface area contributed by atoms with Gasteiger partial charge in [-0.15, -0.1) is 0 Å². The Kier molecular flexibility index (Phi) is 7.10. The maximum atomic E-state index is 3.80. The van der Waals surface area contributed by atoms with E-state index < -0.39 is 19.1 Å². The third-order valence-corrected chi connectivity index (χ3v) is 9.28. The molecule has 0 N–H and O–H groups in total. The fraction of sp³-hybridized carbons (Fsp3) is 0.727. The van der Waals surface area contributed by atoms with Gasteiger partial charge in [0.1, 0.15) is 0 Å². The van der Waals surface area contributed by atoms with Crippen molar-refractivity contribution in [2.24, 2.45) is 11.8 Å². The Morgan fingerprint density at radius 2 is 1.50 bits per heavy atom. The molecule has 0 aromatic rings. The zero-order valence-electron chi connectivity index (χ0n) is 8.84. The van der Waals surface area contributed by atoms with Crippen molar-refractivity contribution >= 4 is 23.1 Å². The van der Waals surface area contributed by atoms with Crippen molar-refractivity contribution in [2.45, 2.75) is 36.6 Å². The molecule has 0 spiro atoms. The van der Waals surface area contributed by atoms with Crippen LogP contribution in [0.5, 0.6) is 0 Å². The van der Waals surface area contributed by atoms with Gasteiger partial charge >= 0.3 is 84.3 Å². The number of hydrogen-bond donors (Lipinski definition) is 0. The van der Waals surface area contributed by atoms with Crippen LogP contribution in [0.25, 0.3) is 0 Å². The Labute approximate surface area is 84.2 Å². The summed E-state index contributed by atoms with van der Waals surface area (Å²) in [6.45, 7) is 13.1. The van der Waals surface area contributed by atoms with Crippen LogP contribution in [0.1, 0.15) is 27.7 Å². The van der Waals surface area contributed by atoms with Gasteiger partial charge in [0.25, 0.3) is 0 Å². The van der Waals surface area contributed by atoms with E-state index in [1.807, 2.05) is 6.08 Å². The molecule has 1 heteroatoms. The molecule has 0 radical (unpaired) electrons. The summed E-state index contributed by atoms with van der Waals surface area (Å²) in [5, 5.41) is 0. The first kappa shape index (κ1) is 12.4. The van der Waals surface area contributed by atoms with Gasteiger partial charge in [-0.2, -0.15) is 0 Å². The molecule has 12 heavy (non-hydrogen) atoms. The molecule has 0 fully saturated rings. The Morgan fingerprint density at radius 3 is 1.75 bits per heavy atom. The molecule has 0 heterocycles.